The molecule has 0 fully saturated rings. The van der Waals surface area contributed by atoms with Gasteiger partial charge in [-0.25, -0.2) is 0 Å². The largest absolute Gasteiger partial charge is 0.466 e. The van der Waals surface area contributed by atoms with Gasteiger partial charge in [-0.3, -0.25) is 13.8 Å². The van der Waals surface area contributed by atoms with Crippen LogP contribution in [0.5, 0.6) is 0 Å². The van der Waals surface area contributed by atoms with Gasteiger partial charge in [0.15, 0.2) is 0 Å². The summed E-state index contributed by atoms with van der Waals surface area (Å²) in [5, 5.41) is 0. The van der Waals surface area contributed by atoms with Crippen molar-refractivity contribution in [2.24, 2.45) is 0 Å². The average molecular weight is 643 g/mol. The van der Waals surface area contributed by atoms with Gasteiger partial charge in [-0.05, 0) is 38.5 Å². The summed E-state index contributed by atoms with van der Waals surface area (Å²) in [5.74, 6) is 1.39. The fraction of sp³-hybridized carbons (Fsp3) is 0.947. The van der Waals surface area contributed by atoms with Gasteiger partial charge in [0.2, 0.25) is 0 Å². The Labute approximate surface area is 276 Å². The molecule has 0 aliphatic heterocycles. The van der Waals surface area contributed by atoms with Crippen LogP contribution in [0.3, 0.4) is 0 Å². The normalized spacial score (nSPS) is 11.3. The molecule has 0 saturated heterocycles. The molecule has 0 atom stereocenters. The van der Waals surface area contributed by atoms with Crippen LogP contribution in [-0.4, -0.2) is 40.9 Å². The molecule has 6 heteroatoms. The molecule has 0 aromatic heterocycles. The first-order valence-corrected chi connectivity index (χ1v) is 20.7. The lowest BCUT2D eigenvalue weighted by molar-refractivity contribution is -0.144. The molecule has 0 rings (SSSR count). The van der Waals surface area contributed by atoms with E-state index in [2.05, 4.69) is 13.8 Å². The van der Waals surface area contributed by atoms with Crippen LogP contribution in [0, 0.1) is 0 Å². The summed E-state index contributed by atoms with van der Waals surface area (Å²) in [6.45, 7) is 5.65. The van der Waals surface area contributed by atoms with E-state index in [-0.39, 0.29) is 11.9 Å². The Morgan fingerprint density at radius 2 is 0.659 bits per heavy atom. The van der Waals surface area contributed by atoms with Crippen molar-refractivity contribution < 1.29 is 23.3 Å². The summed E-state index contributed by atoms with van der Waals surface area (Å²) in [5.41, 5.74) is 0. The number of hydrogen-bond donors (Lipinski definition) is 0. The lowest BCUT2D eigenvalue weighted by Gasteiger charge is -2.06. The summed E-state index contributed by atoms with van der Waals surface area (Å²) in [6, 6.07) is 0. The molecule has 0 amide bonds. The number of ether oxygens (including phenoxy) is 2. The second-order valence-corrected chi connectivity index (χ2v) is 14.7. The summed E-state index contributed by atoms with van der Waals surface area (Å²) in [7, 11) is -0.754. The molecule has 0 aromatic carbocycles. The third-order valence-corrected chi connectivity index (χ3v) is 10.0. The first-order chi connectivity index (χ1) is 21.6. The summed E-state index contributed by atoms with van der Waals surface area (Å²) in [6.07, 6.45) is 34.4. The first-order valence-electron chi connectivity index (χ1n) is 19.3. The van der Waals surface area contributed by atoms with Crippen molar-refractivity contribution in [2.75, 3.05) is 24.7 Å². The molecule has 0 spiro atoms. The maximum atomic E-state index is 12.3. The smallest absolute Gasteiger partial charge is 0.305 e. The molecule has 0 N–H and O–H groups in total. The lowest BCUT2D eigenvalue weighted by Crippen LogP contribution is -2.06. The van der Waals surface area contributed by atoms with Gasteiger partial charge < -0.3 is 9.47 Å². The van der Waals surface area contributed by atoms with Crippen LogP contribution >= 0.6 is 0 Å². The molecule has 0 aromatic rings. The summed E-state index contributed by atoms with van der Waals surface area (Å²) in [4.78, 5) is 23.8. The molecule has 0 bridgehead atoms. The van der Waals surface area contributed by atoms with Crippen molar-refractivity contribution in [3.05, 3.63) is 0 Å². The van der Waals surface area contributed by atoms with Gasteiger partial charge in [0.05, 0.1) is 13.2 Å². The van der Waals surface area contributed by atoms with Gasteiger partial charge in [0.25, 0.3) is 0 Å². The maximum absolute atomic E-state index is 12.3. The Bertz CT molecular complexity index is 587. The molecule has 0 radical (unpaired) electrons. The summed E-state index contributed by atoms with van der Waals surface area (Å²) >= 11 is 0. The Morgan fingerprint density at radius 3 is 1.00 bits per heavy atom. The van der Waals surface area contributed by atoms with Crippen molar-refractivity contribution in [3.8, 4) is 0 Å². The number of hydrogen-bond acceptors (Lipinski definition) is 5. The van der Waals surface area contributed by atoms with Crippen LogP contribution in [0.15, 0.2) is 0 Å². The van der Waals surface area contributed by atoms with Gasteiger partial charge >= 0.3 is 11.9 Å². The Balaban J connectivity index is 3.34. The van der Waals surface area contributed by atoms with Crippen LogP contribution < -0.4 is 0 Å². The Hall–Kier alpha value is -0.910. The standard InChI is InChI=1S/C38H74O5S/c1-3-5-7-9-11-13-15-17-21-27-33-42-37(39)31-25-19-23-29-35-44(41)36-30-24-20-26-32-38(40)43-34-28-22-18-16-14-12-10-8-6-4-2/h3-36H2,1-2H3. The number of carbonyl (C=O) groups excluding carboxylic acids is 2. The molecule has 0 aliphatic rings. The van der Waals surface area contributed by atoms with Crippen molar-refractivity contribution in [2.45, 2.75) is 206 Å². The van der Waals surface area contributed by atoms with Crippen LogP contribution in [0.25, 0.3) is 0 Å². The zero-order valence-electron chi connectivity index (χ0n) is 29.5. The zero-order valence-corrected chi connectivity index (χ0v) is 30.3. The minimum atomic E-state index is -0.754. The number of esters is 2. The van der Waals surface area contributed by atoms with E-state index in [1.165, 1.54) is 103 Å². The molecule has 262 valence electrons. The first kappa shape index (κ1) is 43.1. The van der Waals surface area contributed by atoms with Gasteiger partial charge in [0, 0.05) is 35.1 Å². The zero-order chi connectivity index (χ0) is 32.2. The van der Waals surface area contributed by atoms with Crippen molar-refractivity contribution >= 4 is 22.7 Å². The van der Waals surface area contributed by atoms with Gasteiger partial charge in [0.1, 0.15) is 0 Å². The van der Waals surface area contributed by atoms with E-state index in [4.69, 9.17) is 9.47 Å². The average Bonchev–Trinajstić information content (AvgIpc) is 3.02. The van der Waals surface area contributed by atoms with Crippen molar-refractivity contribution in [3.63, 3.8) is 0 Å². The predicted octanol–water partition coefficient (Wildman–Crippen LogP) is 11.6. The maximum Gasteiger partial charge on any atom is 0.305 e. The molecule has 44 heavy (non-hydrogen) atoms. The Kier molecular flexibility index (Phi) is 35.8. The highest BCUT2D eigenvalue weighted by Gasteiger charge is 2.05. The highest BCUT2D eigenvalue weighted by molar-refractivity contribution is 7.84. The van der Waals surface area contributed by atoms with Gasteiger partial charge in [-0.15, -0.1) is 0 Å². The van der Waals surface area contributed by atoms with Crippen LogP contribution in [0.1, 0.15) is 206 Å². The fourth-order valence-electron chi connectivity index (χ4n) is 5.57. The number of rotatable bonds is 36. The molecule has 0 unspecified atom stereocenters. The quantitative estimate of drug-likeness (QED) is 0.0502. The predicted molar refractivity (Wildman–Crippen MR) is 190 cm³/mol. The van der Waals surface area contributed by atoms with Crippen LogP contribution in [-0.2, 0) is 29.9 Å². The third-order valence-electron chi connectivity index (χ3n) is 8.53. The molecular formula is C38H74O5S. The molecule has 0 saturated carbocycles. The fourth-order valence-corrected chi connectivity index (χ4v) is 6.83. The Morgan fingerprint density at radius 1 is 0.386 bits per heavy atom. The molecule has 0 aliphatic carbocycles. The third kappa shape index (κ3) is 35.6. The molecule has 5 nitrogen and oxygen atoms in total. The topological polar surface area (TPSA) is 69.7 Å². The second-order valence-electron chi connectivity index (χ2n) is 13.0. The van der Waals surface area contributed by atoms with Gasteiger partial charge in [-0.2, -0.15) is 0 Å². The number of carbonyl (C=O) groups is 2. The van der Waals surface area contributed by atoms with E-state index in [0.717, 1.165) is 88.6 Å². The highest BCUT2D eigenvalue weighted by Crippen LogP contribution is 2.13. The van der Waals surface area contributed by atoms with Gasteiger partial charge in [-0.1, -0.05) is 155 Å². The monoisotopic (exact) mass is 643 g/mol. The number of unbranched alkanes of at least 4 members (excludes halogenated alkanes) is 24. The molecular weight excluding hydrogens is 568 g/mol. The minimum Gasteiger partial charge on any atom is -0.466 e. The van der Waals surface area contributed by atoms with Crippen LogP contribution in [0.4, 0.5) is 0 Å². The molecule has 0 heterocycles. The van der Waals surface area contributed by atoms with Crippen LogP contribution in [0.2, 0.25) is 0 Å². The summed E-state index contributed by atoms with van der Waals surface area (Å²) < 4.78 is 23.0. The van der Waals surface area contributed by atoms with Crippen molar-refractivity contribution in [1.82, 2.24) is 0 Å². The van der Waals surface area contributed by atoms with E-state index in [1.807, 2.05) is 0 Å². The van der Waals surface area contributed by atoms with Crippen molar-refractivity contribution in [1.29, 1.82) is 0 Å². The van der Waals surface area contributed by atoms with E-state index in [9.17, 15) is 13.8 Å². The highest BCUT2D eigenvalue weighted by atomic mass is 32.2. The lowest BCUT2D eigenvalue weighted by atomic mass is 10.1. The van der Waals surface area contributed by atoms with E-state index in [1.54, 1.807) is 0 Å². The van der Waals surface area contributed by atoms with E-state index >= 15 is 0 Å². The van der Waals surface area contributed by atoms with E-state index < -0.39 is 10.8 Å². The van der Waals surface area contributed by atoms with E-state index in [0.29, 0.717) is 26.1 Å². The SMILES string of the molecule is CCCCCCCCCCCCOC(=O)CCCCCCS(=O)CCCCCCC(=O)OCCCCCCCCCCCC. The second kappa shape index (κ2) is 36.6. The minimum absolute atomic E-state index is 0.0631.